The third kappa shape index (κ3) is 9.36. The fourth-order valence-corrected chi connectivity index (χ4v) is 3.29. The van der Waals surface area contributed by atoms with E-state index < -0.39 is 18.1 Å². The number of carbonyl (C=O) groups is 3. The molecule has 0 saturated carbocycles. The standard InChI is InChI=1S/C25H30N4O6/c30-22(29-24-26-13-5-14-27-24)8-4-15-34-20-11-9-18(10-12-20)16-21(23(31)32)28-25(33)35-17-19-6-2-1-3-7-19/h1-3,6-7,9-12,21H,4-5,8,13-17H2,(H,28,33)(H,31,32)(H2,26,27,29,30)/p-1/t21-/m0/s1. The minimum Gasteiger partial charge on any atom is -0.548 e. The van der Waals surface area contributed by atoms with Gasteiger partial charge in [0.2, 0.25) is 5.91 Å². The van der Waals surface area contributed by atoms with E-state index in [1.807, 2.05) is 18.2 Å². The van der Waals surface area contributed by atoms with E-state index in [0.717, 1.165) is 18.5 Å². The third-order valence-electron chi connectivity index (χ3n) is 5.12. The molecule has 3 N–H and O–H groups in total. The first-order chi connectivity index (χ1) is 17.0. The second kappa shape index (κ2) is 13.6. The Balaban J connectivity index is 1.37. The molecule has 1 aliphatic rings. The van der Waals surface area contributed by atoms with Crippen molar-refractivity contribution in [3.63, 3.8) is 0 Å². The van der Waals surface area contributed by atoms with Crippen LogP contribution in [0.5, 0.6) is 5.75 Å². The predicted octanol–water partition coefficient (Wildman–Crippen LogP) is 0.899. The number of ether oxygens (including phenoxy) is 2. The van der Waals surface area contributed by atoms with Crippen molar-refractivity contribution >= 4 is 23.9 Å². The van der Waals surface area contributed by atoms with Crippen molar-refractivity contribution in [1.29, 1.82) is 0 Å². The Bertz CT molecular complexity index is 1010. The molecule has 10 heteroatoms. The number of nitrogens with zero attached hydrogens (tertiary/aromatic N) is 1. The van der Waals surface area contributed by atoms with Crippen molar-refractivity contribution in [2.24, 2.45) is 4.99 Å². The molecule has 2 amide bonds. The molecule has 0 spiro atoms. The maximum absolute atomic E-state index is 12.0. The molecule has 0 aromatic heterocycles. The van der Waals surface area contributed by atoms with Crippen LogP contribution in [0.1, 0.15) is 30.4 Å². The van der Waals surface area contributed by atoms with Crippen LogP contribution in [0.2, 0.25) is 0 Å². The smallest absolute Gasteiger partial charge is 0.408 e. The SMILES string of the molecule is O=C(CCCOc1ccc(C[C@H](NC(=O)OCc2ccccc2)C(=O)[O-])cc1)NC1=NCCCN1. The van der Waals surface area contributed by atoms with Crippen molar-refractivity contribution in [2.45, 2.75) is 38.3 Å². The summed E-state index contributed by atoms with van der Waals surface area (Å²) in [5, 5.41) is 19.6. The normalized spacial score (nSPS) is 13.5. The fraction of sp³-hybridized carbons (Fsp3) is 0.360. The number of hydrogen-bond donors (Lipinski definition) is 3. The third-order valence-corrected chi connectivity index (χ3v) is 5.12. The highest BCUT2D eigenvalue weighted by Gasteiger charge is 2.15. The van der Waals surface area contributed by atoms with Gasteiger partial charge in [0.05, 0.1) is 18.6 Å². The first kappa shape index (κ1) is 25.5. The number of rotatable bonds is 11. The van der Waals surface area contributed by atoms with Gasteiger partial charge < -0.3 is 30.0 Å². The summed E-state index contributed by atoms with van der Waals surface area (Å²) in [6.45, 7) is 1.89. The topological polar surface area (TPSA) is 141 Å². The molecule has 35 heavy (non-hydrogen) atoms. The lowest BCUT2D eigenvalue weighted by molar-refractivity contribution is -0.308. The van der Waals surface area contributed by atoms with Crippen molar-refractivity contribution in [2.75, 3.05) is 19.7 Å². The van der Waals surface area contributed by atoms with Crippen LogP contribution in [0, 0.1) is 0 Å². The summed E-state index contributed by atoms with van der Waals surface area (Å²) in [4.78, 5) is 39.6. The lowest BCUT2D eigenvalue weighted by Crippen LogP contribution is -2.49. The Labute approximate surface area is 203 Å². The minimum atomic E-state index is -1.41. The highest BCUT2D eigenvalue weighted by atomic mass is 16.5. The number of benzene rings is 2. The van der Waals surface area contributed by atoms with Gasteiger partial charge in [-0.15, -0.1) is 0 Å². The van der Waals surface area contributed by atoms with Crippen LogP contribution in [0.3, 0.4) is 0 Å². The molecule has 1 heterocycles. The minimum absolute atomic E-state index is 0.0289. The number of aliphatic carboxylic acids is 1. The quantitative estimate of drug-likeness (QED) is 0.405. The van der Waals surface area contributed by atoms with E-state index >= 15 is 0 Å². The molecule has 2 aromatic carbocycles. The van der Waals surface area contributed by atoms with Crippen molar-refractivity contribution in [3.8, 4) is 5.75 Å². The zero-order valence-electron chi connectivity index (χ0n) is 19.3. The van der Waals surface area contributed by atoms with Gasteiger partial charge in [-0.25, -0.2) is 4.79 Å². The summed E-state index contributed by atoms with van der Waals surface area (Å²) in [5.74, 6) is -0.422. The number of carboxylic acid groups (broad SMARTS) is 1. The van der Waals surface area contributed by atoms with Gasteiger partial charge in [-0.05, 0) is 42.5 Å². The lowest BCUT2D eigenvalue weighted by Gasteiger charge is -2.20. The Morgan fingerprint density at radius 2 is 1.83 bits per heavy atom. The van der Waals surface area contributed by atoms with Crippen LogP contribution >= 0.6 is 0 Å². The number of alkyl carbamates (subject to hydrolysis) is 1. The summed E-state index contributed by atoms with van der Waals surface area (Å²) in [6.07, 6.45) is 0.984. The predicted molar refractivity (Wildman–Crippen MR) is 126 cm³/mol. The van der Waals surface area contributed by atoms with E-state index in [4.69, 9.17) is 9.47 Å². The summed E-state index contributed by atoms with van der Waals surface area (Å²) in [5.41, 5.74) is 1.47. The Hall–Kier alpha value is -4.08. The molecule has 0 radical (unpaired) electrons. The molecule has 2 aromatic rings. The molecule has 1 atom stereocenters. The number of hydrogen-bond acceptors (Lipinski definition) is 8. The molecule has 10 nitrogen and oxygen atoms in total. The molecule has 0 bridgehead atoms. The van der Waals surface area contributed by atoms with Gasteiger partial charge in [0.1, 0.15) is 12.4 Å². The second-order valence-corrected chi connectivity index (χ2v) is 7.94. The average molecular weight is 482 g/mol. The van der Waals surface area contributed by atoms with Crippen LogP contribution in [-0.2, 0) is 27.4 Å². The first-order valence-electron chi connectivity index (χ1n) is 11.5. The average Bonchev–Trinajstić information content (AvgIpc) is 2.87. The number of guanidine groups is 1. The second-order valence-electron chi connectivity index (χ2n) is 7.94. The van der Waals surface area contributed by atoms with Crippen molar-refractivity contribution in [1.82, 2.24) is 16.0 Å². The van der Waals surface area contributed by atoms with Crippen LogP contribution in [0.25, 0.3) is 0 Å². The number of carboxylic acids is 1. The molecule has 3 rings (SSSR count). The van der Waals surface area contributed by atoms with Crippen molar-refractivity contribution < 1.29 is 29.0 Å². The molecular weight excluding hydrogens is 452 g/mol. The number of carbonyl (C=O) groups excluding carboxylic acids is 3. The van der Waals surface area contributed by atoms with Gasteiger partial charge >= 0.3 is 6.09 Å². The summed E-state index contributed by atoms with van der Waals surface area (Å²) >= 11 is 0. The van der Waals surface area contributed by atoms with Gasteiger partial charge in [-0.3, -0.25) is 15.1 Å². The highest BCUT2D eigenvalue weighted by molar-refractivity contribution is 5.97. The van der Waals surface area contributed by atoms with Gasteiger partial charge in [-0.1, -0.05) is 42.5 Å². The van der Waals surface area contributed by atoms with E-state index in [0.29, 0.717) is 43.3 Å². The van der Waals surface area contributed by atoms with E-state index in [2.05, 4.69) is 20.9 Å². The summed E-state index contributed by atoms with van der Waals surface area (Å²) < 4.78 is 10.7. The maximum Gasteiger partial charge on any atom is 0.408 e. The molecule has 186 valence electrons. The van der Waals surface area contributed by atoms with Gasteiger partial charge in [0, 0.05) is 19.5 Å². The van der Waals surface area contributed by atoms with Crippen LogP contribution < -0.4 is 25.8 Å². The maximum atomic E-state index is 12.0. The van der Waals surface area contributed by atoms with Crippen LogP contribution in [0.4, 0.5) is 4.79 Å². The molecular formula is C25H29N4O6-. The number of nitrogens with one attached hydrogen (secondary N) is 3. The van der Waals surface area contributed by atoms with Gasteiger partial charge in [0.25, 0.3) is 0 Å². The largest absolute Gasteiger partial charge is 0.548 e. The van der Waals surface area contributed by atoms with E-state index in [1.165, 1.54) is 0 Å². The highest BCUT2D eigenvalue weighted by Crippen LogP contribution is 2.14. The zero-order chi connectivity index (χ0) is 24.9. The zero-order valence-corrected chi connectivity index (χ0v) is 19.3. The Morgan fingerprint density at radius 3 is 2.51 bits per heavy atom. The molecule has 0 aliphatic carbocycles. The monoisotopic (exact) mass is 481 g/mol. The molecule has 0 unspecified atom stereocenters. The Morgan fingerprint density at radius 1 is 1.06 bits per heavy atom. The van der Waals surface area contributed by atoms with E-state index in [1.54, 1.807) is 36.4 Å². The van der Waals surface area contributed by atoms with Gasteiger partial charge in [-0.2, -0.15) is 0 Å². The van der Waals surface area contributed by atoms with Crippen molar-refractivity contribution in [3.05, 3.63) is 65.7 Å². The number of amides is 2. The molecule has 0 fully saturated rings. The molecule has 1 aliphatic heterocycles. The van der Waals surface area contributed by atoms with Crippen LogP contribution in [-0.4, -0.2) is 49.7 Å². The summed E-state index contributed by atoms with van der Waals surface area (Å²) in [7, 11) is 0. The van der Waals surface area contributed by atoms with Crippen LogP contribution in [0.15, 0.2) is 59.6 Å². The van der Waals surface area contributed by atoms with Gasteiger partial charge in [0.15, 0.2) is 5.96 Å². The molecule has 0 saturated heterocycles. The van der Waals surface area contributed by atoms with E-state index in [9.17, 15) is 19.5 Å². The number of aliphatic imine (C=N–C) groups is 1. The van der Waals surface area contributed by atoms with E-state index in [-0.39, 0.29) is 18.9 Å². The lowest BCUT2D eigenvalue weighted by atomic mass is 10.1. The first-order valence-corrected chi connectivity index (χ1v) is 11.5. The summed E-state index contributed by atoms with van der Waals surface area (Å²) in [6, 6.07) is 14.7. The Kier molecular flexibility index (Phi) is 9.91. The fourth-order valence-electron chi connectivity index (χ4n) is 3.29.